The SMILES string of the molecule is CC1(C)OC2=CC(NC(=O)c3c[nH]c4c3C(O)CCC4)=CCC2O1. The summed E-state index contributed by atoms with van der Waals surface area (Å²) >= 11 is 0. The van der Waals surface area contributed by atoms with Gasteiger partial charge in [-0.1, -0.05) is 6.08 Å². The van der Waals surface area contributed by atoms with E-state index in [1.54, 1.807) is 6.20 Å². The van der Waals surface area contributed by atoms with Crippen LogP contribution >= 0.6 is 0 Å². The van der Waals surface area contributed by atoms with Gasteiger partial charge in [0.05, 0.1) is 11.7 Å². The van der Waals surface area contributed by atoms with E-state index in [0.29, 0.717) is 24.1 Å². The van der Waals surface area contributed by atoms with Crippen molar-refractivity contribution in [3.05, 3.63) is 46.6 Å². The third kappa shape index (κ3) is 2.65. The molecule has 4 rings (SSSR count). The van der Waals surface area contributed by atoms with E-state index in [0.717, 1.165) is 29.9 Å². The average molecular weight is 330 g/mol. The number of nitrogens with one attached hydrogen (secondary N) is 2. The molecular formula is C18H22N2O4. The normalized spacial score (nSPS) is 27.5. The van der Waals surface area contributed by atoms with Gasteiger partial charge in [0.25, 0.3) is 5.91 Å². The number of amides is 1. The minimum Gasteiger partial charge on any atom is -0.464 e. The second-order valence-electron chi connectivity index (χ2n) is 7.01. The van der Waals surface area contributed by atoms with Crippen molar-refractivity contribution in [2.45, 2.75) is 57.5 Å². The van der Waals surface area contributed by atoms with E-state index in [-0.39, 0.29) is 12.0 Å². The van der Waals surface area contributed by atoms with Gasteiger partial charge in [-0.05, 0) is 19.3 Å². The Morgan fingerprint density at radius 3 is 3.12 bits per heavy atom. The van der Waals surface area contributed by atoms with Gasteiger partial charge in [-0.25, -0.2) is 0 Å². The number of rotatable bonds is 2. The number of fused-ring (bicyclic) bond motifs is 2. The summed E-state index contributed by atoms with van der Waals surface area (Å²) in [5.74, 6) is -0.102. The van der Waals surface area contributed by atoms with Gasteiger partial charge < -0.3 is 24.9 Å². The number of aryl methyl sites for hydroxylation is 1. The molecule has 0 radical (unpaired) electrons. The summed E-state index contributed by atoms with van der Waals surface area (Å²) in [6.07, 6.45) is 7.95. The molecule has 6 nitrogen and oxygen atoms in total. The van der Waals surface area contributed by atoms with Gasteiger partial charge in [0.1, 0.15) is 11.9 Å². The lowest BCUT2D eigenvalue weighted by Gasteiger charge is -2.19. The van der Waals surface area contributed by atoms with E-state index >= 15 is 0 Å². The standard InChI is InChI=1S/C18H22N2O4/c1-18(2)23-14-7-6-10(8-15(14)24-18)20-17(22)11-9-19-12-4-3-5-13(21)16(11)12/h6,8-9,13-14,19,21H,3-5,7H2,1-2H3,(H,20,22). The number of aromatic nitrogens is 1. The lowest BCUT2D eigenvalue weighted by Crippen LogP contribution is -2.26. The van der Waals surface area contributed by atoms with Crippen LogP contribution in [0.25, 0.3) is 0 Å². The minimum absolute atomic E-state index is 0.0810. The van der Waals surface area contributed by atoms with Crippen LogP contribution in [0, 0.1) is 0 Å². The van der Waals surface area contributed by atoms with Crippen LogP contribution in [0.2, 0.25) is 0 Å². The van der Waals surface area contributed by atoms with E-state index in [2.05, 4.69) is 10.3 Å². The molecule has 0 aromatic carbocycles. The summed E-state index contributed by atoms with van der Waals surface area (Å²) in [6.45, 7) is 3.75. The average Bonchev–Trinajstić information content (AvgIpc) is 3.07. The van der Waals surface area contributed by atoms with Crippen molar-refractivity contribution in [3.63, 3.8) is 0 Å². The van der Waals surface area contributed by atoms with Crippen LogP contribution < -0.4 is 5.32 Å². The first kappa shape index (κ1) is 15.5. The van der Waals surface area contributed by atoms with Gasteiger partial charge >= 0.3 is 0 Å². The highest BCUT2D eigenvalue weighted by Gasteiger charge is 2.38. The predicted molar refractivity (Wildman–Crippen MR) is 87.0 cm³/mol. The van der Waals surface area contributed by atoms with E-state index in [4.69, 9.17) is 9.47 Å². The molecule has 1 amide bonds. The molecule has 1 fully saturated rings. The van der Waals surface area contributed by atoms with Crippen molar-refractivity contribution >= 4 is 5.91 Å². The number of ether oxygens (including phenoxy) is 2. The Morgan fingerprint density at radius 2 is 2.29 bits per heavy atom. The first-order valence-corrected chi connectivity index (χ1v) is 8.41. The van der Waals surface area contributed by atoms with Gasteiger partial charge in [-0.2, -0.15) is 0 Å². The maximum Gasteiger partial charge on any atom is 0.257 e. The van der Waals surface area contributed by atoms with Gasteiger partial charge in [-0.3, -0.25) is 4.79 Å². The van der Waals surface area contributed by atoms with Crippen LogP contribution in [-0.2, 0) is 15.9 Å². The number of H-pyrrole nitrogens is 1. The maximum absolute atomic E-state index is 12.6. The van der Waals surface area contributed by atoms with Gasteiger partial charge in [0.2, 0.25) is 5.79 Å². The van der Waals surface area contributed by atoms with Gasteiger partial charge in [-0.15, -0.1) is 0 Å². The van der Waals surface area contributed by atoms with Crippen LogP contribution in [0.15, 0.2) is 29.8 Å². The fraction of sp³-hybridized carbons (Fsp3) is 0.500. The summed E-state index contributed by atoms with van der Waals surface area (Å²) < 4.78 is 11.5. The zero-order valence-electron chi connectivity index (χ0n) is 13.9. The number of aromatic amines is 1. The highest BCUT2D eigenvalue weighted by Crippen LogP contribution is 2.36. The van der Waals surface area contributed by atoms with Crippen LogP contribution in [0.4, 0.5) is 0 Å². The van der Waals surface area contributed by atoms with E-state index in [1.165, 1.54) is 0 Å². The second kappa shape index (κ2) is 5.50. The highest BCUT2D eigenvalue weighted by molar-refractivity contribution is 5.97. The van der Waals surface area contributed by atoms with Crippen LogP contribution in [-0.4, -0.2) is 27.9 Å². The highest BCUT2D eigenvalue weighted by atomic mass is 16.7. The Bertz CT molecular complexity index is 744. The monoisotopic (exact) mass is 330 g/mol. The second-order valence-corrected chi connectivity index (χ2v) is 7.01. The largest absolute Gasteiger partial charge is 0.464 e. The smallest absolute Gasteiger partial charge is 0.257 e. The zero-order chi connectivity index (χ0) is 16.9. The molecule has 2 unspecified atom stereocenters. The van der Waals surface area contributed by atoms with Crippen LogP contribution in [0.5, 0.6) is 0 Å². The summed E-state index contributed by atoms with van der Waals surface area (Å²) in [5.41, 5.74) is 2.92. The van der Waals surface area contributed by atoms with E-state index in [9.17, 15) is 9.90 Å². The van der Waals surface area contributed by atoms with Crippen LogP contribution in [0.3, 0.4) is 0 Å². The van der Waals surface area contributed by atoms with Crippen LogP contribution in [0.1, 0.15) is 60.8 Å². The van der Waals surface area contributed by atoms with Gasteiger partial charge in [0, 0.05) is 49.5 Å². The number of aliphatic hydroxyl groups excluding tert-OH is 1. The molecule has 24 heavy (non-hydrogen) atoms. The third-order valence-electron chi connectivity index (χ3n) is 4.70. The lowest BCUT2D eigenvalue weighted by molar-refractivity contribution is -0.132. The molecule has 3 aliphatic rings. The molecule has 1 aliphatic heterocycles. The molecule has 3 N–H and O–H groups in total. The molecule has 128 valence electrons. The molecule has 2 aliphatic carbocycles. The van der Waals surface area contributed by atoms with Crippen molar-refractivity contribution in [1.82, 2.24) is 10.3 Å². The Morgan fingerprint density at radius 1 is 1.46 bits per heavy atom. The molecule has 2 atom stereocenters. The molecule has 1 aromatic rings. The molecule has 0 bridgehead atoms. The Balaban J connectivity index is 1.52. The Kier molecular flexibility index (Phi) is 3.54. The number of carbonyl (C=O) groups is 1. The van der Waals surface area contributed by atoms with Crippen molar-refractivity contribution in [2.75, 3.05) is 0 Å². The first-order chi connectivity index (χ1) is 11.4. The maximum atomic E-state index is 12.6. The number of allylic oxidation sites excluding steroid dienone is 1. The van der Waals surface area contributed by atoms with Crippen molar-refractivity contribution in [2.24, 2.45) is 0 Å². The van der Waals surface area contributed by atoms with Crippen molar-refractivity contribution < 1.29 is 19.4 Å². The summed E-state index contributed by atoms with van der Waals surface area (Å²) in [7, 11) is 0. The fourth-order valence-corrected chi connectivity index (χ4v) is 3.66. The summed E-state index contributed by atoms with van der Waals surface area (Å²) in [5, 5.41) is 13.1. The minimum atomic E-state index is -0.631. The predicted octanol–water partition coefficient (Wildman–Crippen LogP) is 2.44. The third-order valence-corrected chi connectivity index (χ3v) is 4.70. The molecule has 2 heterocycles. The molecule has 1 aromatic heterocycles. The number of hydrogen-bond acceptors (Lipinski definition) is 4. The fourth-order valence-electron chi connectivity index (χ4n) is 3.66. The lowest BCUT2D eigenvalue weighted by atomic mass is 9.92. The topological polar surface area (TPSA) is 83.6 Å². The summed E-state index contributed by atoms with van der Waals surface area (Å²) in [6, 6.07) is 0. The summed E-state index contributed by atoms with van der Waals surface area (Å²) in [4.78, 5) is 15.7. The van der Waals surface area contributed by atoms with Crippen molar-refractivity contribution in [1.29, 1.82) is 0 Å². The number of carbonyl (C=O) groups excluding carboxylic acids is 1. The molecule has 0 spiro atoms. The number of aliphatic hydroxyl groups is 1. The molecule has 1 saturated heterocycles. The molecule has 6 heteroatoms. The van der Waals surface area contributed by atoms with Crippen molar-refractivity contribution in [3.8, 4) is 0 Å². The first-order valence-electron chi connectivity index (χ1n) is 8.41. The molecular weight excluding hydrogens is 308 g/mol. The quantitative estimate of drug-likeness (QED) is 0.778. The molecule has 0 saturated carbocycles. The number of hydrogen-bond donors (Lipinski definition) is 3. The zero-order valence-corrected chi connectivity index (χ0v) is 13.9. The van der Waals surface area contributed by atoms with Gasteiger partial charge in [0.15, 0.2) is 0 Å². The van der Waals surface area contributed by atoms with E-state index in [1.807, 2.05) is 26.0 Å². The van der Waals surface area contributed by atoms with E-state index < -0.39 is 11.9 Å². The Labute approximate surface area is 140 Å². The Hall–Kier alpha value is -2.05.